The highest BCUT2D eigenvalue weighted by Gasteiger charge is 2.22. The molecular weight excluding hydrogens is 432 g/mol. The van der Waals surface area contributed by atoms with Crippen molar-refractivity contribution in [3.8, 4) is 11.3 Å². The molecule has 8 heteroatoms. The lowest BCUT2D eigenvalue weighted by Crippen LogP contribution is -2.29. The molecule has 2 aromatic carbocycles. The molecule has 0 spiro atoms. The van der Waals surface area contributed by atoms with Crippen LogP contribution in [0.3, 0.4) is 0 Å². The topological polar surface area (TPSA) is 71.3 Å². The molecule has 5 rings (SSSR count). The number of rotatable bonds is 5. The summed E-state index contributed by atoms with van der Waals surface area (Å²) in [5.74, 6) is 0.174. The van der Waals surface area contributed by atoms with Crippen molar-refractivity contribution in [3.05, 3.63) is 87.5 Å². The highest BCUT2D eigenvalue weighted by Crippen LogP contribution is 2.29. The Morgan fingerprint density at radius 1 is 1.16 bits per heavy atom. The van der Waals surface area contributed by atoms with Gasteiger partial charge in [-0.15, -0.1) is 11.3 Å². The third-order valence-corrected chi connectivity index (χ3v) is 6.40. The van der Waals surface area contributed by atoms with E-state index in [0.717, 1.165) is 37.3 Å². The van der Waals surface area contributed by atoms with Crippen molar-refractivity contribution < 1.29 is 9.32 Å². The SMILES string of the molecule is O=C(Nc1nc2c(s1)CN(Cc1ccccc1)CC2)c1cc(-c2ccc(Cl)cc2)on1. The van der Waals surface area contributed by atoms with Gasteiger partial charge in [-0.3, -0.25) is 15.0 Å². The second-order valence-corrected chi connectivity index (χ2v) is 8.89. The number of aromatic nitrogens is 2. The normalized spacial score (nSPS) is 13.7. The molecule has 0 saturated carbocycles. The molecular formula is C23H19ClN4O2S. The molecule has 3 heterocycles. The van der Waals surface area contributed by atoms with Gasteiger partial charge in [-0.2, -0.15) is 0 Å². The van der Waals surface area contributed by atoms with Gasteiger partial charge in [0.05, 0.1) is 5.69 Å². The number of benzene rings is 2. The van der Waals surface area contributed by atoms with Gasteiger partial charge in [0.15, 0.2) is 16.6 Å². The van der Waals surface area contributed by atoms with E-state index >= 15 is 0 Å². The highest BCUT2D eigenvalue weighted by molar-refractivity contribution is 7.15. The molecule has 0 fully saturated rings. The zero-order valence-electron chi connectivity index (χ0n) is 16.5. The van der Waals surface area contributed by atoms with Crippen molar-refractivity contribution in [2.75, 3.05) is 11.9 Å². The first-order chi connectivity index (χ1) is 15.1. The minimum Gasteiger partial charge on any atom is -0.355 e. The number of carbonyl (C=O) groups excluding carboxylic acids is 1. The van der Waals surface area contributed by atoms with E-state index in [-0.39, 0.29) is 11.6 Å². The predicted molar refractivity (Wildman–Crippen MR) is 121 cm³/mol. The van der Waals surface area contributed by atoms with E-state index in [2.05, 4.69) is 44.6 Å². The van der Waals surface area contributed by atoms with Crippen LogP contribution in [0.4, 0.5) is 5.13 Å². The van der Waals surface area contributed by atoms with Gasteiger partial charge in [-0.05, 0) is 29.8 Å². The molecule has 1 amide bonds. The van der Waals surface area contributed by atoms with Crippen LogP contribution in [0.2, 0.25) is 5.02 Å². The summed E-state index contributed by atoms with van der Waals surface area (Å²) in [6, 6.07) is 19.2. The number of fused-ring (bicyclic) bond motifs is 1. The maximum Gasteiger partial charge on any atom is 0.279 e. The first-order valence-corrected chi connectivity index (χ1v) is 11.1. The Hall–Kier alpha value is -3.00. The second kappa shape index (κ2) is 8.63. The van der Waals surface area contributed by atoms with Gasteiger partial charge < -0.3 is 4.52 Å². The van der Waals surface area contributed by atoms with Crippen molar-refractivity contribution in [3.63, 3.8) is 0 Å². The van der Waals surface area contributed by atoms with Crippen molar-refractivity contribution in [2.45, 2.75) is 19.5 Å². The summed E-state index contributed by atoms with van der Waals surface area (Å²) in [7, 11) is 0. The van der Waals surface area contributed by atoms with Crippen molar-refractivity contribution >= 4 is 34.0 Å². The molecule has 1 aliphatic heterocycles. The maximum atomic E-state index is 12.6. The smallest absolute Gasteiger partial charge is 0.279 e. The minimum absolute atomic E-state index is 0.212. The number of anilines is 1. The van der Waals surface area contributed by atoms with E-state index in [1.165, 1.54) is 21.8 Å². The quantitative estimate of drug-likeness (QED) is 0.449. The minimum atomic E-state index is -0.337. The lowest BCUT2D eigenvalue weighted by Gasteiger charge is -2.25. The van der Waals surface area contributed by atoms with E-state index in [1.54, 1.807) is 18.2 Å². The maximum absolute atomic E-state index is 12.6. The Kier molecular flexibility index (Phi) is 5.55. The van der Waals surface area contributed by atoms with Crippen LogP contribution in [-0.4, -0.2) is 27.5 Å². The first-order valence-electron chi connectivity index (χ1n) is 9.93. The summed E-state index contributed by atoms with van der Waals surface area (Å²) in [4.78, 5) is 20.8. The Balaban J connectivity index is 1.25. The fourth-order valence-corrected chi connectivity index (χ4v) is 4.74. The van der Waals surface area contributed by atoms with Crippen LogP contribution in [0.5, 0.6) is 0 Å². The molecule has 0 atom stereocenters. The van der Waals surface area contributed by atoms with E-state index in [1.807, 2.05) is 18.2 Å². The summed E-state index contributed by atoms with van der Waals surface area (Å²) in [6.07, 6.45) is 0.874. The molecule has 0 aliphatic carbocycles. The molecule has 1 aliphatic rings. The number of thiazole rings is 1. The molecule has 2 aromatic heterocycles. The standard InChI is InChI=1S/C23H19ClN4O2S/c24-17-8-6-16(7-9-17)20-12-19(27-30-20)22(29)26-23-25-18-10-11-28(14-21(18)31-23)13-15-4-2-1-3-5-15/h1-9,12H,10-11,13-14H2,(H,25,26,29). The van der Waals surface area contributed by atoms with E-state index < -0.39 is 0 Å². The third-order valence-electron chi connectivity index (χ3n) is 5.15. The molecule has 6 nitrogen and oxygen atoms in total. The van der Waals surface area contributed by atoms with Crippen LogP contribution >= 0.6 is 22.9 Å². The van der Waals surface area contributed by atoms with Crippen LogP contribution in [0.1, 0.15) is 26.6 Å². The van der Waals surface area contributed by atoms with Gasteiger partial charge in [0.1, 0.15) is 0 Å². The van der Waals surface area contributed by atoms with Crippen LogP contribution < -0.4 is 5.32 Å². The van der Waals surface area contributed by atoms with E-state index in [4.69, 9.17) is 16.1 Å². The molecule has 31 heavy (non-hydrogen) atoms. The molecule has 0 unspecified atom stereocenters. The van der Waals surface area contributed by atoms with Crippen LogP contribution in [0, 0.1) is 0 Å². The number of hydrogen-bond donors (Lipinski definition) is 1. The van der Waals surface area contributed by atoms with Crippen LogP contribution in [-0.2, 0) is 19.5 Å². The Morgan fingerprint density at radius 3 is 2.77 bits per heavy atom. The Labute approximate surface area is 188 Å². The predicted octanol–water partition coefficient (Wildman–Crippen LogP) is 5.26. The summed E-state index contributed by atoms with van der Waals surface area (Å²) in [6.45, 7) is 2.70. The third kappa shape index (κ3) is 4.54. The molecule has 1 N–H and O–H groups in total. The van der Waals surface area contributed by atoms with Gasteiger partial charge in [-0.1, -0.05) is 47.1 Å². The Bertz CT molecular complexity index is 1200. The monoisotopic (exact) mass is 450 g/mol. The van der Waals surface area contributed by atoms with Crippen LogP contribution in [0.25, 0.3) is 11.3 Å². The van der Waals surface area contributed by atoms with Crippen molar-refractivity contribution in [1.29, 1.82) is 0 Å². The van der Waals surface area contributed by atoms with Gasteiger partial charge >= 0.3 is 0 Å². The Morgan fingerprint density at radius 2 is 1.97 bits per heavy atom. The van der Waals surface area contributed by atoms with Gasteiger partial charge in [0.25, 0.3) is 5.91 Å². The van der Waals surface area contributed by atoms with Gasteiger partial charge in [0, 0.05) is 47.6 Å². The number of halogens is 1. The molecule has 0 bridgehead atoms. The number of amides is 1. The number of nitrogens with one attached hydrogen (secondary N) is 1. The van der Waals surface area contributed by atoms with E-state index in [9.17, 15) is 4.79 Å². The molecule has 156 valence electrons. The average molecular weight is 451 g/mol. The number of hydrogen-bond acceptors (Lipinski definition) is 6. The lowest BCUT2D eigenvalue weighted by molar-refractivity contribution is 0.101. The molecule has 0 saturated heterocycles. The fraction of sp³-hybridized carbons (Fsp3) is 0.174. The number of nitrogens with zero attached hydrogens (tertiary/aromatic N) is 3. The average Bonchev–Trinajstić information content (AvgIpc) is 3.42. The highest BCUT2D eigenvalue weighted by atomic mass is 35.5. The van der Waals surface area contributed by atoms with Crippen molar-refractivity contribution in [1.82, 2.24) is 15.0 Å². The van der Waals surface area contributed by atoms with Crippen LogP contribution in [0.15, 0.2) is 65.2 Å². The largest absolute Gasteiger partial charge is 0.355 e. The summed E-state index contributed by atoms with van der Waals surface area (Å²) in [5.41, 5.74) is 3.38. The first kappa shape index (κ1) is 19.9. The second-order valence-electron chi connectivity index (χ2n) is 7.37. The summed E-state index contributed by atoms with van der Waals surface area (Å²) in [5, 5.41) is 7.99. The fourth-order valence-electron chi connectivity index (χ4n) is 3.57. The lowest BCUT2D eigenvalue weighted by atomic mass is 10.1. The zero-order valence-corrected chi connectivity index (χ0v) is 18.1. The van der Waals surface area contributed by atoms with Gasteiger partial charge in [0.2, 0.25) is 0 Å². The van der Waals surface area contributed by atoms with Gasteiger partial charge in [-0.25, -0.2) is 4.98 Å². The van der Waals surface area contributed by atoms with E-state index in [0.29, 0.717) is 15.9 Å². The zero-order chi connectivity index (χ0) is 21.2. The van der Waals surface area contributed by atoms with Crippen molar-refractivity contribution in [2.24, 2.45) is 0 Å². The summed E-state index contributed by atoms with van der Waals surface area (Å²) >= 11 is 7.44. The number of carbonyl (C=O) groups is 1. The molecule has 4 aromatic rings. The summed E-state index contributed by atoms with van der Waals surface area (Å²) < 4.78 is 5.32. The molecule has 0 radical (unpaired) electrons.